The van der Waals surface area contributed by atoms with Crippen LogP contribution in [0.2, 0.25) is 0 Å². The summed E-state index contributed by atoms with van der Waals surface area (Å²) in [5.74, 6) is 0.956. The molecule has 0 bridgehead atoms. The van der Waals surface area contributed by atoms with Crippen LogP contribution in [0, 0.1) is 5.92 Å². The third-order valence-electron chi connectivity index (χ3n) is 2.18. The molecule has 66 valence electrons. The first-order valence-corrected chi connectivity index (χ1v) is 4.23. The van der Waals surface area contributed by atoms with E-state index >= 15 is 0 Å². The molecule has 0 spiro atoms. The minimum atomic E-state index is 0. The van der Waals surface area contributed by atoms with Gasteiger partial charge in [0.2, 0.25) is 0 Å². The Bertz CT molecular complexity index is 112. The molecule has 0 heterocycles. The maximum atomic E-state index is 3.19. The molecule has 1 nitrogen and oxygen atoms in total. The first-order chi connectivity index (χ1) is 4.93. The fourth-order valence-corrected chi connectivity index (χ4v) is 1.47. The number of rotatable bonds is 3. The Hall–Kier alpha value is -0.0100. The fourth-order valence-electron chi connectivity index (χ4n) is 1.47. The van der Waals surface area contributed by atoms with E-state index in [9.17, 15) is 0 Å². The maximum Gasteiger partial charge on any atom is -0.00492 e. The minimum Gasteiger partial charge on any atom is -0.320 e. The molecule has 2 heteroatoms. The summed E-state index contributed by atoms with van der Waals surface area (Å²) < 4.78 is 0. The molecule has 1 rings (SSSR count). The maximum absolute atomic E-state index is 3.19. The highest BCUT2D eigenvalue weighted by atomic mass is 35.5. The SMILES string of the molecule is CNCCC1CC=CCC1.Cl. The summed E-state index contributed by atoms with van der Waals surface area (Å²) in [7, 11) is 2.03. The van der Waals surface area contributed by atoms with Gasteiger partial charge in [0, 0.05) is 0 Å². The third kappa shape index (κ3) is 4.44. The second kappa shape index (κ2) is 6.68. The Morgan fingerprint density at radius 1 is 1.45 bits per heavy atom. The summed E-state index contributed by atoms with van der Waals surface area (Å²) in [6, 6.07) is 0. The zero-order valence-electron chi connectivity index (χ0n) is 7.18. The van der Waals surface area contributed by atoms with Crippen molar-refractivity contribution < 1.29 is 0 Å². The van der Waals surface area contributed by atoms with Gasteiger partial charge in [-0.25, -0.2) is 0 Å². The van der Waals surface area contributed by atoms with Crippen LogP contribution in [0.4, 0.5) is 0 Å². The predicted octanol–water partition coefficient (Wildman–Crippen LogP) is 2.37. The van der Waals surface area contributed by atoms with Crippen molar-refractivity contribution >= 4 is 12.4 Å². The van der Waals surface area contributed by atoms with Gasteiger partial charge in [-0.05, 0) is 45.2 Å². The van der Waals surface area contributed by atoms with E-state index in [0.29, 0.717) is 0 Å². The van der Waals surface area contributed by atoms with Crippen molar-refractivity contribution in [2.24, 2.45) is 5.92 Å². The smallest absolute Gasteiger partial charge is 0.00492 e. The Labute approximate surface area is 75.7 Å². The molecule has 0 saturated heterocycles. The molecule has 1 aliphatic carbocycles. The molecular weight excluding hydrogens is 158 g/mol. The van der Waals surface area contributed by atoms with Crippen LogP contribution in [-0.4, -0.2) is 13.6 Å². The van der Waals surface area contributed by atoms with Gasteiger partial charge in [-0.1, -0.05) is 12.2 Å². The zero-order chi connectivity index (χ0) is 7.23. The topological polar surface area (TPSA) is 12.0 Å². The van der Waals surface area contributed by atoms with Gasteiger partial charge in [0.05, 0.1) is 0 Å². The Balaban J connectivity index is 0.000001000. The number of nitrogens with one attached hydrogen (secondary N) is 1. The second-order valence-corrected chi connectivity index (χ2v) is 3.04. The van der Waals surface area contributed by atoms with Gasteiger partial charge < -0.3 is 5.32 Å². The van der Waals surface area contributed by atoms with Crippen molar-refractivity contribution in [2.45, 2.75) is 25.7 Å². The Morgan fingerprint density at radius 2 is 2.27 bits per heavy atom. The molecule has 0 radical (unpaired) electrons. The lowest BCUT2D eigenvalue weighted by Crippen LogP contribution is -2.13. The highest BCUT2D eigenvalue weighted by molar-refractivity contribution is 5.85. The molecule has 0 fully saturated rings. The van der Waals surface area contributed by atoms with E-state index in [1.807, 2.05) is 7.05 Å². The van der Waals surface area contributed by atoms with E-state index in [1.165, 1.54) is 32.2 Å². The summed E-state index contributed by atoms with van der Waals surface area (Å²) in [6.07, 6.45) is 9.98. The largest absolute Gasteiger partial charge is 0.320 e. The quantitative estimate of drug-likeness (QED) is 0.650. The third-order valence-corrected chi connectivity index (χ3v) is 2.18. The molecule has 1 aliphatic rings. The van der Waals surface area contributed by atoms with Crippen molar-refractivity contribution in [3.63, 3.8) is 0 Å². The lowest BCUT2D eigenvalue weighted by atomic mass is 9.92. The van der Waals surface area contributed by atoms with Gasteiger partial charge >= 0.3 is 0 Å². The summed E-state index contributed by atoms with van der Waals surface area (Å²) in [4.78, 5) is 0. The predicted molar refractivity (Wildman–Crippen MR) is 52.3 cm³/mol. The Morgan fingerprint density at radius 3 is 2.82 bits per heavy atom. The van der Waals surface area contributed by atoms with Crippen LogP contribution in [-0.2, 0) is 0 Å². The number of hydrogen-bond acceptors (Lipinski definition) is 1. The van der Waals surface area contributed by atoms with Gasteiger partial charge in [-0.15, -0.1) is 12.4 Å². The molecule has 0 aromatic rings. The molecule has 0 aromatic heterocycles. The highest BCUT2D eigenvalue weighted by Crippen LogP contribution is 2.20. The Kier molecular flexibility index (Phi) is 6.68. The van der Waals surface area contributed by atoms with Gasteiger partial charge in [-0.2, -0.15) is 0 Å². The molecule has 1 N–H and O–H groups in total. The number of hydrogen-bond donors (Lipinski definition) is 1. The van der Waals surface area contributed by atoms with Crippen LogP contribution in [0.15, 0.2) is 12.2 Å². The van der Waals surface area contributed by atoms with Crippen LogP contribution < -0.4 is 5.32 Å². The molecule has 0 aliphatic heterocycles. The fraction of sp³-hybridized carbons (Fsp3) is 0.778. The lowest BCUT2D eigenvalue weighted by molar-refractivity contribution is 0.438. The van der Waals surface area contributed by atoms with Crippen LogP contribution in [0.25, 0.3) is 0 Å². The first-order valence-electron chi connectivity index (χ1n) is 4.23. The van der Waals surface area contributed by atoms with Crippen molar-refractivity contribution in [3.05, 3.63) is 12.2 Å². The molecule has 1 unspecified atom stereocenters. The minimum absolute atomic E-state index is 0. The lowest BCUT2D eigenvalue weighted by Gasteiger charge is -2.16. The van der Waals surface area contributed by atoms with Crippen LogP contribution in [0.5, 0.6) is 0 Å². The van der Waals surface area contributed by atoms with Gasteiger partial charge in [-0.3, -0.25) is 0 Å². The van der Waals surface area contributed by atoms with Gasteiger partial charge in [0.1, 0.15) is 0 Å². The average molecular weight is 176 g/mol. The molecule has 11 heavy (non-hydrogen) atoms. The summed E-state index contributed by atoms with van der Waals surface area (Å²) >= 11 is 0. The summed E-state index contributed by atoms with van der Waals surface area (Å²) in [5.41, 5.74) is 0. The van der Waals surface area contributed by atoms with E-state index in [4.69, 9.17) is 0 Å². The van der Waals surface area contributed by atoms with Crippen molar-refractivity contribution in [1.29, 1.82) is 0 Å². The molecule has 1 atom stereocenters. The van der Waals surface area contributed by atoms with Crippen molar-refractivity contribution in [3.8, 4) is 0 Å². The van der Waals surface area contributed by atoms with E-state index in [2.05, 4.69) is 17.5 Å². The van der Waals surface area contributed by atoms with Crippen LogP contribution >= 0.6 is 12.4 Å². The molecular formula is C9H18ClN. The molecule has 0 saturated carbocycles. The first kappa shape index (κ1) is 11.0. The normalized spacial score (nSPS) is 22.8. The van der Waals surface area contributed by atoms with E-state index in [0.717, 1.165) is 5.92 Å². The molecule has 0 amide bonds. The van der Waals surface area contributed by atoms with E-state index < -0.39 is 0 Å². The van der Waals surface area contributed by atoms with Gasteiger partial charge in [0.15, 0.2) is 0 Å². The van der Waals surface area contributed by atoms with E-state index in [-0.39, 0.29) is 12.4 Å². The zero-order valence-corrected chi connectivity index (χ0v) is 7.99. The van der Waals surface area contributed by atoms with E-state index in [1.54, 1.807) is 0 Å². The number of allylic oxidation sites excluding steroid dienone is 2. The van der Waals surface area contributed by atoms with Crippen molar-refractivity contribution in [1.82, 2.24) is 5.32 Å². The monoisotopic (exact) mass is 175 g/mol. The average Bonchev–Trinajstić information content (AvgIpc) is 2.03. The second-order valence-electron chi connectivity index (χ2n) is 3.04. The summed E-state index contributed by atoms with van der Waals surface area (Å²) in [5, 5.41) is 3.19. The highest BCUT2D eigenvalue weighted by Gasteiger charge is 2.07. The van der Waals surface area contributed by atoms with Crippen molar-refractivity contribution in [2.75, 3.05) is 13.6 Å². The molecule has 0 aromatic carbocycles. The summed E-state index contributed by atoms with van der Waals surface area (Å²) in [6.45, 7) is 1.18. The van der Waals surface area contributed by atoms with Gasteiger partial charge in [0.25, 0.3) is 0 Å². The van der Waals surface area contributed by atoms with Crippen LogP contribution in [0.1, 0.15) is 25.7 Å². The standard InChI is InChI=1S/C9H17N.ClH/c1-10-8-7-9-5-3-2-4-6-9;/h2-3,9-10H,4-8H2,1H3;1H. The van der Waals surface area contributed by atoms with Crippen LogP contribution in [0.3, 0.4) is 0 Å². The number of halogens is 1.